The molecule has 0 fully saturated rings. The van der Waals surface area contributed by atoms with Crippen LogP contribution >= 0.6 is 0 Å². The van der Waals surface area contributed by atoms with Crippen molar-refractivity contribution >= 4 is 11.6 Å². The summed E-state index contributed by atoms with van der Waals surface area (Å²) < 4.78 is 7.33. The number of ether oxygens (including phenoxy) is 1. The van der Waals surface area contributed by atoms with Crippen LogP contribution in [0, 0.1) is 25.2 Å². The topological polar surface area (TPSA) is 92.3 Å². The number of fused-ring (bicyclic) bond motifs is 2. The van der Waals surface area contributed by atoms with Crippen LogP contribution in [-0.4, -0.2) is 27.1 Å². The van der Waals surface area contributed by atoms with Crippen molar-refractivity contribution in [2.75, 3.05) is 6.61 Å². The molecular weight excluding hydrogens is 354 g/mol. The van der Waals surface area contributed by atoms with Gasteiger partial charge >= 0.3 is 0 Å². The van der Waals surface area contributed by atoms with Gasteiger partial charge in [-0.25, -0.2) is 9.50 Å². The summed E-state index contributed by atoms with van der Waals surface area (Å²) in [5.41, 5.74) is 4.76. The average Bonchev–Trinajstić information content (AvgIpc) is 3.11. The van der Waals surface area contributed by atoms with Crippen LogP contribution in [-0.2, 0) is 11.2 Å². The number of hydrogen-bond donors (Lipinski definition) is 1. The van der Waals surface area contributed by atoms with E-state index in [1.807, 2.05) is 38.1 Å². The number of amides is 1. The zero-order valence-electron chi connectivity index (χ0n) is 15.9. The number of carbonyl (C=O) groups is 1. The van der Waals surface area contributed by atoms with Crippen LogP contribution in [0.4, 0.5) is 0 Å². The lowest BCUT2D eigenvalue weighted by Crippen LogP contribution is -2.32. The standard InChI is InChI=1S/C21H21N5O2/c1-13-16(14(2)26-21(24-13)15(11-22)12-23-26)7-8-20(27)25-18-9-10-28-19-6-4-3-5-17(18)19/h3-6,12,18H,7-10H2,1-2H3,(H,25,27)/t18-/m1/s1. The maximum Gasteiger partial charge on any atom is 0.220 e. The van der Waals surface area contributed by atoms with Crippen LogP contribution in [0.25, 0.3) is 5.65 Å². The molecule has 1 N–H and O–H groups in total. The second-order valence-corrected chi connectivity index (χ2v) is 6.96. The number of benzene rings is 1. The van der Waals surface area contributed by atoms with E-state index in [2.05, 4.69) is 21.5 Å². The Morgan fingerprint density at radius 3 is 3.04 bits per heavy atom. The lowest BCUT2D eigenvalue weighted by atomic mass is 10.00. The minimum Gasteiger partial charge on any atom is -0.493 e. The lowest BCUT2D eigenvalue weighted by Gasteiger charge is -2.26. The molecule has 0 saturated carbocycles. The Labute approximate surface area is 163 Å². The van der Waals surface area contributed by atoms with Crippen LogP contribution in [0.5, 0.6) is 5.75 Å². The van der Waals surface area contributed by atoms with Crippen LogP contribution in [0.15, 0.2) is 30.5 Å². The zero-order valence-corrected chi connectivity index (χ0v) is 15.9. The number of nitrogens with one attached hydrogen (secondary N) is 1. The molecule has 28 heavy (non-hydrogen) atoms. The molecule has 0 unspecified atom stereocenters. The van der Waals surface area contributed by atoms with Crippen molar-refractivity contribution in [1.29, 1.82) is 5.26 Å². The van der Waals surface area contributed by atoms with Gasteiger partial charge in [-0.2, -0.15) is 10.4 Å². The maximum atomic E-state index is 12.6. The average molecular weight is 375 g/mol. The number of aromatic nitrogens is 3. The number of nitrogens with zero attached hydrogens (tertiary/aromatic N) is 4. The molecule has 1 aromatic carbocycles. The third-order valence-corrected chi connectivity index (χ3v) is 5.22. The summed E-state index contributed by atoms with van der Waals surface area (Å²) in [5.74, 6) is 0.839. The molecule has 1 amide bonds. The molecular formula is C21H21N5O2. The van der Waals surface area contributed by atoms with Gasteiger partial charge < -0.3 is 10.1 Å². The highest BCUT2D eigenvalue weighted by atomic mass is 16.5. The van der Waals surface area contributed by atoms with Gasteiger partial charge in [0.15, 0.2) is 5.65 Å². The first-order chi connectivity index (χ1) is 13.6. The smallest absolute Gasteiger partial charge is 0.220 e. The highest BCUT2D eigenvalue weighted by Crippen LogP contribution is 2.31. The second kappa shape index (κ2) is 7.31. The highest BCUT2D eigenvalue weighted by molar-refractivity contribution is 5.77. The minimum atomic E-state index is -0.0236. The summed E-state index contributed by atoms with van der Waals surface area (Å²) in [6, 6.07) is 9.90. The van der Waals surface area contributed by atoms with Crippen LogP contribution in [0.3, 0.4) is 0 Å². The first kappa shape index (κ1) is 18.0. The summed E-state index contributed by atoms with van der Waals surface area (Å²) in [7, 11) is 0. The number of nitriles is 1. The predicted octanol–water partition coefficient (Wildman–Crippen LogP) is 2.79. The molecule has 1 atom stereocenters. The Balaban J connectivity index is 1.48. The molecule has 1 aliphatic rings. The van der Waals surface area contributed by atoms with E-state index in [0.717, 1.165) is 34.7 Å². The van der Waals surface area contributed by atoms with E-state index in [1.165, 1.54) is 6.20 Å². The predicted molar refractivity (Wildman–Crippen MR) is 103 cm³/mol. The summed E-state index contributed by atoms with van der Waals surface area (Å²) >= 11 is 0. The summed E-state index contributed by atoms with van der Waals surface area (Å²) in [6.45, 7) is 4.45. The van der Waals surface area contributed by atoms with Crippen molar-refractivity contribution in [3.63, 3.8) is 0 Å². The maximum absolute atomic E-state index is 12.6. The van der Waals surface area contributed by atoms with E-state index in [1.54, 1.807) is 4.52 Å². The van der Waals surface area contributed by atoms with Crippen molar-refractivity contribution in [3.05, 3.63) is 58.5 Å². The van der Waals surface area contributed by atoms with Gasteiger partial charge in [0.05, 0.1) is 18.8 Å². The number of para-hydroxylation sites is 1. The van der Waals surface area contributed by atoms with Gasteiger partial charge in [-0.1, -0.05) is 18.2 Å². The summed E-state index contributed by atoms with van der Waals surface area (Å²) in [5, 5.41) is 16.6. The van der Waals surface area contributed by atoms with Crippen molar-refractivity contribution in [2.24, 2.45) is 0 Å². The van der Waals surface area contributed by atoms with E-state index in [0.29, 0.717) is 30.7 Å². The van der Waals surface area contributed by atoms with Crippen LogP contribution in [0.2, 0.25) is 0 Å². The van der Waals surface area contributed by atoms with Crippen molar-refractivity contribution in [1.82, 2.24) is 19.9 Å². The van der Waals surface area contributed by atoms with Gasteiger partial charge in [-0.05, 0) is 31.9 Å². The van der Waals surface area contributed by atoms with E-state index >= 15 is 0 Å². The first-order valence-electron chi connectivity index (χ1n) is 9.33. The number of carbonyl (C=O) groups excluding carboxylic acids is 1. The fraction of sp³-hybridized carbons (Fsp3) is 0.333. The normalized spacial score (nSPS) is 15.5. The van der Waals surface area contributed by atoms with Crippen molar-refractivity contribution < 1.29 is 9.53 Å². The Bertz CT molecular complexity index is 1100. The molecule has 142 valence electrons. The SMILES string of the molecule is Cc1nc2c(C#N)cnn2c(C)c1CCC(=O)N[C@@H]1CCOc2ccccc21. The molecule has 0 radical (unpaired) electrons. The van der Waals surface area contributed by atoms with E-state index in [-0.39, 0.29) is 11.9 Å². The quantitative estimate of drug-likeness (QED) is 0.757. The Morgan fingerprint density at radius 2 is 2.21 bits per heavy atom. The summed E-state index contributed by atoms with van der Waals surface area (Å²) in [6.07, 6.45) is 3.21. The largest absolute Gasteiger partial charge is 0.493 e. The molecule has 0 spiro atoms. The lowest BCUT2D eigenvalue weighted by molar-refractivity contribution is -0.122. The van der Waals surface area contributed by atoms with Gasteiger partial charge in [-0.3, -0.25) is 4.79 Å². The second-order valence-electron chi connectivity index (χ2n) is 6.96. The van der Waals surface area contributed by atoms with E-state index in [4.69, 9.17) is 4.74 Å². The molecule has 3 aromatic rings. The number of aryl methyl sites for hydroxylation is 2. The van der Waals surface area contributed by atoms with Crippen LogP contribution < -0.4 is 10.1 Å². The van der Waals surface area contributed by atoms with Crippen LogP contribution in [0.1, 0.15) is 47.0 Å². The van der Waals surface area contributed by atoms with Gasteiger partial charge in [0.1, 0.15) is 17.4 Å². The number of hydrogen-bond acceptors (Lipinski definition) is 5. The molecule has 3 heterocycles. The monoisotopic (exact) mass is 375 g/mol. The fourth-order valence-corrected chi connectivity index (χ4v) is 3.75. The fourth-order valence-electron chi connectivity index (χ4n) is 3.75. The van der Waals surface area contributed by atoms with Crippen molar-refractivity contribution in [3.8, 4) is 11.8 Å². The molecule has 1 aliphatic heterocycles. The molecule has 7 heteroatoms. The van der Waals surface area contributed by atoms with Gasteiger partial charge in [-0.15, -0.1) is 0 Å². The van der Waals surface area contributed by atoms with E-state index in [9.17, 15) is 10.1 Å². The molecule has 0 saturated heterocycles. The Hall–Kier alpha value is -3.40. The van der Waals surface area contributed by atoms with Gasteiger partial charge in [0.25, 0.3) is 0 Å². The molecule has 7 nitrogen and oxygen atoms in total. The molecule has 2 aromatic heterocycles. The Morgan fingerprint density at radius 1 is 1.39 bits per heavy atom. The Kier molecular flexibility index (Phi) is 4.70. The van der Waals surface area contributed by atoms with E-state index < -0.39 is 0 Å². The molecule has 4 rings (SSSR count). The van der Waals surface area contributed by atoms with Crippen molar-refractivity contribution in [2.45, 2.75) is 39.2 Å². The van der Waals surface area contributed by atoms with Gasteiger partial charge in [0.2, 0.25) is 5.91 Å². The minimum absolute atomic E-state index is 0.00113. The highest BCUT2D eigenvalue weighted by Gasteiger charge is 2.23. The summed E-state index contributed by atoms with van der Waals surface area (Å²) in [4.78, 5) is 17.1. The third-order valence-electron chi connectivity index (χ3n) is 5.22. The first-order valence-corrected chi connectivity index (χ1v) is 9.33. The molecule has 0 bridgehead atoms. The third kappa shape index (κ3) is 3.18. The zero-order chi connectivity index (χ0) is 19.7. The van der Waals surface area contributed by atoms with Gasteiger partial charge in [0, 0.05) is 29.8 Å². The molecule has 0 aliphatic carbocycles. The number of rotatable bonds is 4.